The molecule has 6 heteroatoms. The van der Waals surface area contributed by atoms with E-state index in [0.29, 0.717) is 11.0 Å². The van der Waals surface area contributed by atoms with Gasteiger partial charge in [0.2, 0.25) is 10.0 Å². The van der Waals surface area contributed by atoms with Crippen molar-refractivity contribution < 1.29 is 8.42 Å². The van der Waals surface area contributed by atoms with E-state index >= 15 is 0 Å². The van der Waals surface area contributed by atoms with Crippen molar-refractivity contribution in [3.8, 4) is 6.07 Å². The van der Waals surface area contributed by atoms with Gasteiger partial charge in [0.05, 0.1) is 11.0 Å². The van der Waals surface area contributed by atoms with E-state index in [-0.39, 0.29) is 23.8 Å². The van der Waals surface area contributed by atoms with Gasteiger partial charge in [0.1, 0.15) is 0 Å². The van der Waals surface area contributed by atoms with Crippen molar-refractivity contribution in [2.75, 3.05) is 13.1 Å². The number of aryl methyl sites for hydroxylation is 1. The first-order valence-electron chi connectivity index (χ1n) is 6.42. The molecule has 0 aliphatic carbocycles. The van der Waals surface area contributed by atoms with Crippen molar-refractivity contribution in [3.05, 3.63) is 28.2 Å². The maximum Gasteiger partial charge on any atom is 0.244 e. The van der Waals surface area contributed by atoms with E-state index in [9.17, 15) is 8.42 Å². The fourth-order valence-electron chi connectivity index (χ4n) is 1.85. The SMILES string of the molecule is Cc1ccc(S(=O)(=O)N(CCC#N)CC(C)C)c(Br)c1. The maximum atomic E-state index is 12.7. The van der Waals surface area contributed by atoms with E-state index in [1.165, 1.54) is 4.31 Å². The number of rotatable bonds is 6. The van der Waals surface area contributed by atoms with E-state index in [2.05, 4.69) is 15.9 Å². The lowest BCUT2D eigenvalue weighted by molar-refractivity contribution is 0.372. The molecule has 0 aliphatic rings. The van der Waals surface area contributed by atoms with Crippen LogP contribution in [-0.2, 0) is 10.0 Å². The second-order valence-electron chi connectivity index (χ2n) is 5.10. The minimum atomic E-state index is -3.58. The number of benzene rings is 1. The molecule has 0 spiro atoms. The Balaban J connectivity index is 3.18. The molecule has 4 nitrogen and oxygen atoms in total. The first-order chi connectivity index (χ1) is 9.28. The first-order valence-corrected chi connectivity index (χ1v) is 8.65. The first kappa shape index (κ1) is 17.2. The lowest BCUT2D eigenvalue weighted by atomic mass is 10.2. The summed E-state index contributed by atoms with van der Waals surface area (Å²) < 4.78 is 27.3. The monoisotopic (exact) mass is 358 g/mol. The third kappa shape index (κ3) is 4.30. The molecule has 0 fully saturated rings. The highest BCUT2D eigenvalue weighted by molar-refractivity contribution is 9.10. The molecule has 0 radical (unpaired) electrons. The topological polar surface area (TPSA) is 61.2 Å². The van der Waals surface area contributed by atoms with Crippen LogP contribution in [0.3, 0.4) is 0 Å². The van der Waals surface area contributed by atoms with Gasteiger partial charge in [0.25, 0.3) is 0 Å². The van der Waals surface area contributed by atoms with Crippen molar-refractivity contribution in [1.29, 1.82) is 5.26 Å². The third-order valence-corrected chi connectivity index (χ3v) is 5.59. The molecule has 1 aromatic rings. The van der Waals surface area contributed by atoms with Crippen molar-refractivity contribution in [2.24, 2.45) is 5.92 Å². The highest BCUT2D eigenvalue weighted by atomic mass is 79.9. The van der Waals surface area contributed by atoms with Gasteiger partial charge in [-0.25, -0.2) is 8.42 Å². The molecule has 0 saturated heterocycles. The Morgan fingerprint density at radius 2 is 2.05 bits per heavy atom. The summed E-state index contributed by atoms with van der Waals surface area (Å²) in [6, 6.07) is 7.16. The minimum absolute atomic E-state index is 0.190. The van der Waals surface area contributed by atoms with Gasteiger partial charge in [0, 0.05) is 24.0 Å². The van der Waals surface area contributed by atoms with Crippen LogP contribution in [-0.4, -0.2) is 25.8 Å². The number of hydrogen-bond donors (Lipinski definition) is 0. The van der Waals surface area contributed by atoms with Crippen LogP contribution >= 0.6 is 15.9 Å². The fourth-order valence-corrected chi connectivity index (χ4v) is 4.60. The van der Waals surface area contributed by atoms with Gasteiger partial charge < -0.3 is 0 Å². The third-order valence-electron chi connectivity index (χ3n) is 2.75. The lowest BCUT2D eigenvalue weighted by Crippen LogP contribution is -2.35. The van der Waals surface area contributed by atoms with Crippen molar-refractivity contribution in [1.82, 2.24) is 4.31 Å². The summed E-state index contributed by atoms with van der Waals surface area (Å²) in [4.78, 5) is 0.252. The van der Waals surface area contributed by atoms with E-state index in [4.69, 9.17) is 5.26 Å². The molecule has 20 heavy (non-hydrogen) atoms. The highest BCUT2D eigenvalue weighted by Crippen LogP contribution is 2.26. The van der Waals surface area contributed by atoms with Gasteiger partial charge >= 0.3 is 0 Å². The molecule has 0 saturated carbocycles. The zero-order valence-corrected chi connectivity index (χ0v) is 14.3. The quantitative estimate of drug-likeness (QED) is 0.783. The van der Waals surface area contributed by atoms with Gasteiger partial charge in [-0.3, -0.25) is 0 Å². The summed E-state index contributed by atoms with van der Waals surface area (Å²) >= 11 is 3.31. The standard InChI is InChI=1S/C14H19BrN2O2S/c1-11(2)10-17(8-4-7-16)20(18,19)14-6-5-12(3)9-13(14)15/h5-6,9,11H,4,8,10H2,1-3H3. The number of hydrogen-bond acceptors (Lipinski definition) is 3. The van der Waals surface area contributed by atoms with Crippen LogP contribution in [0.15, 0.2) is 27.6 Å². The zero-order valence-electron chi connectivity index (χ0n) is 11.9. The maximum absolute atomic E-state index is 12.7. The van der Waals surface area contributed by atoms with Crippen molar-refractivity contribution in [2.45, 2.75) is 32.1 Å². The average Bonchev–Trinajstić information content (AvgIpc) is 2.33. The molecule has 0 unspecified atom stereocenters. The van der Waals surface area contributed by atoms with E-state index in [1.54, 1.807) is 18.2 Å². The van der Waals surface area contributed by atoms with Crippen LogP contribution in [0, 0.1) is 24.2 Å². The number of halogens is 1. The Bertz CT molecular complexity index is 606. The second kappa shape index (κ2) is 7.21. The smallest absolute Gasteiger partial charge is 0.207 e. The summed E-state index contributed by atoms with van der Waals surface area (Å²) in [5.41, 5.74) is 0.989. The molecule has 110 valence electrons. The summed E-state index contributed by atoms with van der Waals surface area (Å²) in [5, 5.41) is 8.70. The Kier molecular flexibility index (Phi) is 6.18. The van der Waals surface area contributed by atoms with E-state index < -0.39 is 10.0 Å². The zero-order chi connectivity index (χ0) is 15.3. The van der Waals surface area contributed by atoms with Gasteiger partial charge in [-0.1, -0.05) is 19.9 Å². The molecule has 1 aromatic carbocycles. The van der Waals surface area contributed by atoms with Gasteiger partial charge in [0.15, 0.2) is 0 Å². The minimum Gasteiger partial charge on any atom is -0.207 e. The molecular formula is C14H19BrN2O2S. The molecule has 0 aliphatic heterocycles. The van der Waals surface area contributed by atoms with Gasteiger partial charge in [-0.2, -0.15) is 9.57 Å². The molecule has 0 amide bonds. The summed E-state index contributed by atoms with van der Waals surface area (Å²) in [6.07, 6.45) is 0.190. The van der Waals surface area contributed by atoms with E-state index in [1.807, 2.05) is 26.8 Å². The van der Waals surface area contributed by atoms with Gasteiger partial charge in [-0.15, -0.1) is 0 Å². The Hall–Kier alpha value is -0.900. The molecule has 0 aromatic heterocycles. The number of nitrogens with zero attached hydrogens (tertiary/aromatic N) is 2. The van der Waals surface area contributed by atoms with Crippen LogP contribution in [0.2, 0.25) is 0 Å². The summed E-state index contributed by atoms with van der Waals surface area (Å²) in [5.74, 6) is 0.202. The molecular weight excluding hydrogens is 340 g/mol. The molecule has 0 N–H and O–H groups in total. The van der Waals surface area contributed by atoms with E-state index in [0.717, 1.165) is 5.56 Å². The number of sulfonamides is 1. The molecule has 0 bridgehead atoms. The second-order valence-corrected chi connectivity index (χ2v) is 7.86. The van der Waals surface area contributed by atoms with Crippen LogP contribution in [0.4, 0.5) is 0 Å². The average molecular weight is 359 g/mol. The largest absolute Gasteiger partial charge is 0.244 e. The van der Waals surface area contributed by atoms with Gasteiger partial charge in [-0.05, 0) is 46.5 Å². The fraction of sp³-hybridized carbons (Fsp3) is 0.500. The van der Waals surface area contributed by atoms with Crippen LogP contribution in [0.25, 0.3) is 0 Å². The predicted octanol–water partition coefficient (Wildman–Crippen LogP) is 3.32. The normalized spacial score (nSPS) is 11.8. The van der Waals surface area contributed by atoms with Crippen molar-refractivity contribution >= 4 is 26.0 Å². The summed E-state index contributed by atoms with van der Waals surface area (Å²) in [7, 11) is -3.58. The van der Waals surface area contributed by atoms with Crippen LogP contribution in [0.1, 0.15) is 25.8 Å². The number of nitriles is 1. The highest BCUT2D eigenvalue weighted by Gasteiger charge is 2.26. The Morgan fingerprint density at radius 3 is 2.55 bits per heavy atom. The summed E-state index contributed by atoms with van der Waals surface area (Å²) in [6.45, 7) is 6.45. The lowest BCUT2D eigenvalue weighted by Gasteiger charge is -2.23. The Morgan fingerprint density at radius 1 is 1.40 bits per heavy atom. The van der Waals surface area contributed by atoms with Crippen LogP contribution in [0.5, 0.6) is 0 Å². The van der Waals surface area contributed by atoms with Crippen LogP contribution < -0.4 is 0 Å². The molecule has 0 heterocycles. The van der Waals surface area contributed by atoms with Crippen molar-refractivity contribution in [3.63, 3.8) is 0 Å². The Labute approximate surface area is 129 Å². The molecule has 0 atom stereocenters. The molecule has 1 rings (SSSR count). The predicted molar refractivity (Wildman–Crippen MR) is 82.7 cm³/mol.